The van der Waals surface area contributed by atoms with Crippen molar-refractivity contribution in [3.8, 4) is 11.5 Å². The molecule has 5 nitrogen and oxygen atoms in total. The Morgan fingerprint density at radius 3 is 2.71 bits per heavy atom. The van der Waals surface area contributed by atoms with Crippen LogP contribution in [0, 0.1) is 0 Å². The van der Waals surface area contributed by atoms with Gasteiger partial charge in [-0.1, -0.05) is 0 Å². The highest BCUT2D eigenvalue weighted by Crippen LogP contribution is 2.33. The van der Waals surface area contributed by atoms with Crippen molar-refractivity contribution in [3.05, 3.63) is 36.0 Å². The lowest BCUT2D eigenvalue weighted by atomic mass is 10.2. The van der Waals surface area contributed by atoms with Gasteiger partial charge in [-0.15, -0.1) is 23.7 Å². The smallest absolute Gasteiger partial charge is 0.151 e. The average Bonchev–Trinajstić information content (AvgIpc) is 2.97. The van der Waals surface area contributed by atoms with Gasteiger partial charge in [-0.05, 0) is 23.6 Å². The van der Waals surface area contributed by atoms with Crippen molar-refractivity contribution < 1.29 is 9.47 Å². The second-order valence-electron chi connectivity index (χ2n) is 4.05. The molecule has 7 heteroatoms. The molecule has 0 aliphatic carbocycles. The Labute approximate surface area is 132 Å². The van der Waals surface area contributed by atoms with Gasteiger partial charge >= 0.3 is 0 Å². The average molecular weight is 324 g/mol. The molecule has 0 fully saturated rings. The molecule has 3 rings (SSSR count). The monoisotopic (exact) mass is 323 g/mol. The summed E-state index contributed by atoms with van der Waals surface area (Å²) in [5, 5.41) is 5.28. The second-order valence-corrected chi connectivity index (χ2v) is 4.96. The topological polar surface area (TPSA) is 56.3 Å². The normalized spacial score (nSPS) is 10.0. The molecule has 0 saturated carbocycles. The van der Waals surface area contributed by atoms with E-state index in [1.165, 1.54) is 0 Å². The third kappa shape index (κ3) is 3.01. The number of hydrogen-bond acceptors (Lipinski definition) is 6. The van der Waals surface area contributed by atoms with Gasteiger partial charge in [0.1, 0.15) is 17.8 Å². The predicted octanol–water partition coefficient (Wildman–Crippen LogP) is 3.87. The Bertz CT molecular complexity index is 748. The lowest BCUT2D eigenvalue weighted by Gasteiger charge is -2.12. The molecule has 110 valence electrons. The van der Waals surface area contributed by atoms with Crippen LogP contribution >= 0.6 is 23.7 Å². The van der Waals surface area contributed by atoms with Gasteiger partial charge in [-0.25, -0.2) is 9.97 Å². The molecule has 2 aromatic heterocycles. The van der Waals surface area contributed by atoms with Crippen LogP contribution in [0.5, 0.6) is 11.5 Å². The van der Waals surface area contributed by atoms with Crippen LogP contribution in [0.4, 0.5) is 11.5 Å². The van der Waals surface area contributed by atoms with E-state index in [1.54, 1.807) is 31.9 Å². The zero-order valence-electron chi connectivity index (χ0n) is 11.5. The summed E-state index contributed by atoms with van der Waals surface area (Å²) >= 11 is 1.60. The van der Waals surface area contributed by atoms with Crippen LogP contribution in [0.1, 0.15) is 0 Å². The molecule has 3 aromatic rings. The molecule has 21 heavy (non-hydrogen) atoms. The quantitative estimate of drug-likeness (QED) is 0.789. The maximum atomic E-state index is 5.37. The number of hydrogen-bond donors (Lipinski definition) is 1. The number of ether oxygens (including phenoxy) is 2. The van der Waals surface area contributed by atoms with E-state index in [9.17, 15) is 0 Å². The van der Waals surface area contributed by atoms with Gasteiger partial charge in [0.05, 0.1) is 30.1 Å². The fourth-order valence-corrected chi connectivity index (χ4v) is 2.70. The minimum absolute atomic E-state index is 0. The molecule has 1 aromatic carbocycles. The minimum Gasteiger partial charge on any atom is -0.497 e. The molecule has 0 unspecified atom stereocenters. The molecule has 0 spiro atoms. The van der Waals surface area contributed by atoms with Crippen LogP contribution in [0.25, 0.3) is 10.2 Å². The van der Waals surface area contributed by atoms with Crippen LogP contribution < -0.4 is 14.8 Å². The van der Waals surface area contributed by atoms with Gasteiger partial charge in [0, 0.05) is 6.07 Å². The van der Waals surface area contributed by atoms with Gasteiger partial charge in [-0.2, -0.15) is 0 Å². The molecule has 0 radical (unpaired) electrons. The van der Waals surface area contributed by atoms with Crippen molar-refractivity contribution >= 4 is 45.5 Å². The number of nitrogens with zero attached hydrogens (tertiary/aromatic N) is 2. The molecule has 2 heterocycles. The second kappa shape index (κ2) is 6.60. The molecule has 0 atom stereocenters. The number of rotatable bonds is 4. The fourth-order valence-electron chi connectivity index (χ4n) is 1.91. The highest BCUT2D eigenvalue weighted by Gasteiger charge is 2.09. The number of aromatic nitrogens is 2. The first-order valence-corrected chi connectivity index (χ1v) is 6.87. The third-order valence-electron chi connectivity index (χ3n) is 2.90. The first-order valence-electron chi connectivity index (χ1n) is 5.99. The number of fused-ring (bicyclic) bond motifs is 1. The molecular weight excluding hydrogens is 310 g/mol. The van der Waals surface area contributed by atoms with E-state index in [2.05, 4.69) is 15.3 Å². The number of halogens is 1. The Morgan fingerprint density at radius 2 is 1.95 bits per heavy atom. The van der Waals surface area contributed by atoms with E-state index < -0.39 is 0 Å². The van der Waals surface area contributed by atoms with Crippen molar-refractivity contribution in [2.75, 3.05) is 19.5 Å². The third-order valence-corrected chi connectivity index (χ3v) is 3.82. The van der Waals surface area contributed by atoms with Crippen LogP contribution in [-0.2, 0) is 0 Å². The van der Waals surface area contributed by atoms with E-state index in [-0.39, 0.29) is 12.4 Å². The van der Waals surface area contributed by atoms with Crippen LogP contribution in [0.3, 0.4) is 0 Å². The van der Waals surface area contributed by atoms with Gasteiger partial charge in [0.15, 0.2) is 5.82 Å². The summed E-state index contributed by atoms with van der Waals surface area (Å²) in [4.78, 5) is 8.52. The number of thiophene rings is 1. The van der Waals surface area contributed by atoms with Crippen LogP contribution in [0.15, 0.2) is 36.0 Å². The van der Waals surface area contributed by atoms with Crippen LogP contribution in [0.2, 0.25) is 0 Å². The molecule has 0 saturated heterocycles. The Hall–Kier alpha value is -2.05. The Kier molecular flexibility index (Phi) is 4.82. The molecule has 0 aliphatic heterocycles. The van der Waals surface area contributed by atoms with E-state index in [0.717, 1.165) is 27.5 Å². The number of anilines is 2. The largest absolute Gasteiger partial charge is 0.497 e. The van der Waals surface area contributed by atoms with Crippen molar-refractivity contribution in [2.24, 2.45) is 0 Å². The first-order chi connectivity index (χ1) is 9.81. The van der Waals surface area contributed by atoms with Gasteiger partial charge < -0.3 is 14.8 Å². The lowest BCUT2D eigenvalue weighted by Crippen LogP contribution is -1.97. The van der Waals surface area contributed by atoms with Gasteiger partial charge in [0.2, 0.25) is 0 Å². The zero-order chi connectivity index (χ0) is 13.9. The van der Waals surface area contributed by atoms with Crippen molar-refractivity contribution in [1.82, 2.24) is 9.97 Å². The summed E-state index contributed by atoms with van der Waals surface area (Å²) in [5.41, 5.74) is 1.77. The zero-order valence-corrected chi connectivity index (χ0v) is 13.1. The molecule has 1 N–H and O–H groups in total. The summed E-state index contributed by atoms with van der Waals surface area (Å²) in [5.74, 6) is 2.22. The van der Waals surface area contributed by atoms with Crippen molar-refractivity contribution in [3.63, 3.8) is 0 Å². The van der Waals surface area contributed by atoms with Crippen LogP contribution in [-0.4, -0.2) is 24.2 Å². The summed E-state index contributed by atoms with van der Waals surface area (Å²) < 4.78 is 11.6. The van der Waals surface area contributed by atoms with Gasteiger partial charge in [-0.3, -0.25) is 0 Å². The highest BCUT2D eigenvalue weighted by molar-refractivity contribution is 7.17. The Morgan fingerprint density at radius 1 is 1.10 bits per heavy atom. The Balaban J connectivity index is 0.00000161. The maximum absolute atomic E-state index is 5.37. The standard InChI is InChI=1S/C14H13N3O2S.ClH/c1-18-9-3-4-10(12(7-9)19-2)17-14-13-11(5-6-20-13)15-8-16-14;/h3-8H,1-2H3,(H,15,16,17);1H. The lowest BCUT2D eigenvalue weighted by molar-refractivity contribution is 0.395. The summed E-state index contributed by atoms with van der Waals surface area (Å²) in [7, 11) is 3.25. The molecule has 0 bridgehead atoms. The molecule has 0 aliphatic rings. The maximum Gasteiger partial charge on any atom is 0.151 e. The molecular formula is C14H14ClN3O2S. The SMILES string of the molecule is COc1ccc(Nc2ncnc3ccsc23)c(OC)c1.Cl. The number of methoxy groups -OCH3 is 2. The van der Waals surface area contributed by atoms with Crippen molar-refractivity contribution in [2.45, 2.75) is 0 Å². The number of nitrogens with one attached hydrogen (secondary N) is 1. The first kappa shape index (κ1) is 15.3. The van der Waals surface area contributed by atoms with E-state index >= 15 is 0 Å². The molecule has 0 amide bonds. The van der Waals surface area contributed by atoms with Gasteiger partial charge in [0.25, 0.3) is 0 Å². The van der Waals surface area contributed by atoms with E-state index in [4.69, 9.17) is 9.47 Å². The predicted molar refractivity (Wildman–Crippen MR) is 87.5 cm³/mol. The fraction of sp³-hybridized carbons (Fsp3) is 0.143. The summed E-state index contributed by atoms with van der Waals surface area (Å²) in [6.07, 6.45) is 1.55. The van der Waals surface area contributed by atoms with E-state index in [0.29, 0.717) is 5.75 Å². The highest BCUT2D eigenvalue weighted by atomic mass is 35.5. The summed E-state index contributed by atoms with van der Waals surface area (Å²) in [6.45, 7) is 0. The minimum atomic E-state index is 0. The van der Waals surface area contributed by atoms with E-state index in [1.807, 2.05) is 29.6 Å². The summed E-state index contributed by atoms with van der Waals surface area (Å²) in [6, 6.07) is 7.57. The van der Waals surface area contributed by atoms with Crippen molar-refractivity contribution in [1.29, 1.82) is 0 Å². The number of benzene rings is 1.